The molecule has 122 valence electrons. The topological polar surface area (TPSA) is 84.3 Å². The molecule has 0 saturated carbocycles. The minimum atomic E-state index is -3.50. The molecule has 1 aliphatic rings. The average molecular weight is 334 g/mol. The third-order valence-electron chi connectivity index (χ3n) is 3.90. The highest BCUT2D eigenvalue weighted by Crippen LogP contribution is 2.26. The van der Waals surface area contributed by atoms with Gasteiger partial charge in [-0.2, -0.15) is 9.40 Å². The van der Waals surface area contributed by atoms with Crippen LogP contribution in [-0.2, 0) is 34.8 Å². The molecule has 2 aromatic rings. The zero-order valence-electron chi connectivity index (χ0n) is 12.9. The fraction of sp³-hybridized carbons (Fsp3) is 0.333. The van der Waals surface area contributed by atoms with Gasteiger partial charge in [0.2, 0.25) is 15.9 Å². The van der Waals surface area contributed by atoms with Crippen molar-refractivity contribution < 1.29 is 13.2 Å². The van der Waals surface area contributed by atoms with Gasteiger partial charge in [-0.15, -0.1) is 0 Å². The van der Waals surface area contributed by atoms with Crippen LogP contribution in [0.4, 0.5) is 5.82 Å². The number of anilines is 1. The van der Waals surface area contributed by atoms with Gasteiger partial charge in [0, 0.05) is 25.9 Å². The van der Waals surface area contributed by atoms with Crippen molar-refractivity contribution >= 4 is 21.7 Å². The molecule has 1 aliphatic heterocycles. The maximum absolute atomic E-state index is 12.6. The lowest BCUT2D eigenvalue weighted by molar-refractivity contribution is -0.120. The van der Waals surface area contributed by atoms with E-state index in [2.05, 4.69) is 10.4 Å². The number of carbonyl (C=O) groups excluding carboxylic acids is 1. The number of carbonyl (C=O) groups is 1. The minimum absolute atomic E-state index is 0.204. The Bertz CT molecular complexity index is 844. The molecule has 3 rings (SSSR count). The van der Waals surface area contributed by atoms with Crippen LogP contribution in [0.5, 0.6) is 0 Å². The number of nitrogens with zero attached hydrogens (tertiary/aromatic N) is 3. The first kappa shape index (κ1) is 15.7. The Morgan fingerprint density at radius 1 is 1.26 bits per heavy atom. The van der Waals surface area contributed by atoms with Crippen LogP contribution < -0.4 is 5.32 Å². The maximum Gasteiger partial charge on any atom is 0.244 e. The molecule has 1 N–H and O–H groups in total. The van der Waals surface area contributed by atoms with Gasteiger partial charge in [0.05, 0.1) is 6.26 Å². The molecule has 1 atom stereocenters. The molecule has 0 fully saturated rings. The molecule has 1 aromatic carbocycles. The van der Waals surface area contributed by atoms with Gasteiger partial charge in [-0.3, -0.25) is 9.48 Å². The number of aryl methyl sites for hydroxylation is 1. The van der Waals surface area contributed by atoms with Crippen molar-refractivity contribution in [1.82, 2.24) is 14.1 Å². The molecule has 23 heavy (non-hydrogen) atoms. The van der Waals surface area contributed by atoms with E-state index < -0.39 is 16.1 Å². The first-order chi connectivity index (χ1) is 10.8. The zero-order valence-corrected chi connectivity index (χ0v) is 13.7. The third kappa shape index (κ3) is 3.27. The van der Waals surface area contributed by atoms with Crippen LogP contribution in [-0.4, -0.2) is 40.7 Å². The smallest absolute Gasteiger partial charge is 0.244 e. The van der Waals surface area contributed by atoms with Crippen molar-refractivity contribution in [3.05, 3.63) is 47.7 Å². The number of aromatic nitrogens is 2. The number of hydrogen-bond acceptors (Lipinski definition) is 4. The quantitative estimate of drug-likeness (QED) is 0.897. The van der Waals surface area contributed by atoms with Crippen molar-refractivity contribution in [3.63, 3.8) is 0 Å². The molecule has 7 nitrogen and oxygen atoms in total. The van der Waals surface area contributed by atoms with Gasteiger partial charge in [-0.1, -0.05) is 24.3 Å². The SMILES string of the molecule is Cn1ccc(NC(=O)C2Cc3ccccc3CN2S(C)(=O)=O)n1. The number of fused-ring (bicyclic) bond motifs is 1. The number of hydrogen-bond donors (Lipinski definition) is 1. The predicted octanol–water partition coefficient (Wildman–Crippen LogP) is 0.745. The molecule has 1 unspecified atom stereocenters. The molecule has 2 heterocycles. The molecule has 0 spiro atoms. The first-order valence-electron chi connectivity index (χ1n) is 7.19. The minimum Gasteiger partial charge on any atom is -0.308 e. The summed E-state index contributed by atoms with van der Waals surface area (Å²) in [5.74, 6) is 0.0356. The van der Waals surface area contributed by atoms with Crippen LogP contribution in [0.1, 0.15) is 11.1 Å². The van der Waals surface area contributed by atoms with E-state index >= 15 is 0 Å². The fourth-order valence-corrected chi connectivity index (χ4v) is 3.77. The van der Waals surface area contributed by atoms with Crippen molar-refractivity contribution in [1.29, 1.82) is 0 Å². The molecular formula is C15H18N4O3S. The number of nitrogens with one attached hydrogen (secondary N) is 1. The van der Waals surface area contributed by atoms with Gasteiger partial charge in [-0.25, -0.2) is 8.42 Å². The molecule has 0 bridgehead atoms. The van der Waals surface area contributed by atoms with Crippen LogP contribution in [0, 0.1) is 0 Å². The van der Waals surface area contributed by atoms with Gasteiger partial charge >= 0.3 is 0 Å². The molecule has 0 saturated heterocycles. The first-order valence-corrected chi connectivity index (χ1v) is 9.03. The lowest BCUT2D eigenvalue weighted by atomic mass is 9.95. The number of amides is 1. The molecular weight excluding hydrogens is 316 g/mol. The van der Waals surface area contributed by atoms with Crippen LogP contribution in [0.2, 0.25) is 0 Å². The highest BCUT2D eigenvalue weighted by atomic mass is 32.2. The Labute approximate surface area is 135 Å². The average Bonchev–Trinajstić information content (AvgIpc) is 2.90. The standard InChI is InChI=1S/C15H18N4O3S/c1-18-8-7-14(17-18)16-15(20)13-9-11-5-3-4-6-12(11)10-19(13)23(2,21)22/h3-8,13H,9-10H2,1-2H3,(H,16,17,20). The summed E-state index contributed by atoms with van der Waals surface area (Å²) < 4.78 is 27.0. The van der Waals surface area contributed by atoms with E-state index in [1.807, 2.05) is 24.3 Å². The Morgan fingerprint density at radius 3 is 2.57 bits per heavy atom. The van der Waals surface area contributed by atoms with Gasteiger partial charge in [0.1, 0.15) is 6.04 Å². The molecule has 8 heteroatoms. The Balaban J connectivity index is 1.90. The number of rotatable bonds is 3. The summed E-state index contributed by atoms with van der Waals surface area (Å²) >= 11 is 0. The summed E-state index contributed by atoms with van der Waals surface area (Å²) in [4.78, 5) is 12.6. The monoisotopic (exact) mass is 334 g/mol. The van der Waals surface area contributed by atoms with Crippen molar-refractivity contribution in [2.45, 2.75) is 19.0 Å². The normalized spacial score (nSPS) is 18.4. The van der Waals surface area contributed by atoms with E-state index in [0.29, 0.717) is 12.2 Å². The second-order valence-electron chi connectivity index (χ2n) is 5.66. The largest absolute Gasteiger partial charge is 0.308 e. The van der Waals surface area contributed by atoms with Crippen LogP contribution in [0.3, 0.4) is 0 Å². The molecule has 0 aliphatic carbocycles. The lowest BCUT2D eigenvalue weighted by Gasteiger charge is -2.33. The molecule has 1 amide bonds. The summed E-state index contributed by atoms with van der Waals surface area (Å²) in [7, 11) is -1.76. The highest BCUT2D eigenvalue weighted by molar-refractivity contribution is 7.88. The van der Waals surface area contributed by atoms with E-state index in [-0.39, 0.29) is 12.5 Å². The summed E-state index contributed by atoms with van der Waals surface area (Å²) in [6.07, 6.45) is 3.18. The fourth-order valence-electron chi connectivity index (χ4n) is 2.76. The van der Waals surface area contributed by atoms with E-state index in [0.717, 1.165) is 17.4 Å². The van der Waals surface area contributed by atoms with Crippen LogP contribution in [0.25, 0.3) is 0 Å². The summed E-state index contributed by atoms with van der Waals surface area (Å²) in [6, 6.07) is 8.47. The van der Waals surface area contributed by atoms with Crippen molar-refractivity contribution in [2.75, 3.05) is 11.6 Å². The summed E-state index contributed by atoms with van der Waals surface area (Å²) in [5, 5.41) is 6.78. The predicted molar refractivity (Wildman–Crippen MR) is 86.2 cm³/mol. The second-order valence-corrected chi connectivity index (χ2v) is 7.60. The van der Waals surface area contributed by atoms with Gasteiger partial charge < -0.3 is 5.32 Å². The molecule has 1 aromatic heterocycles. The Morgan fingerprint density at radius 2 is 1.96 bits per heavy atom. The number of benzene rings is 1. The van der Waals surface area contributed by atoms with Crippen LogP contribution in [0.15, 0.2) is 36.5 Å². The van der Waals surface area contributed by atoms with Gasteiger partial charge in [-0.05, 0) is 17.5 Å². The Kier molecular flexibility index (Phi) is 3.95. The van der Waals surface area contributed by atoms with Crippen LogP contribution >= 0.6 is 0 Å². The van der Waals surface area contributed by atoms with E-state index in [9.17, 15) is 13.2 Å². The van der Waals surface area contributed by atoms with Crippen molar-refractivity contribution in [3.8, 4) is 0 Å². The third-order valence-corrected chi connectivity index (χ3v) is 5.13. The van der Waals surface area contributed by atoms with Gasteiger partial charge in [0.15, 0.2) is 5.82 Å². The van der Waals surface area contributed by atoms with E-state index in [1.54, 1.807) is 24.0 Å². The van der Waals surface area contributed by atoms with Crippen molar-refractivity contribution in [2.24, 2.45) is 7.05 Å². The van der Waals surface area contributed by atoms with E-state index in [4.69, 9.17) is 0 Å². The maximum atomic E-state index is 12.6. The van der Waals surface area contributed by atoms with Gasteiger partial charge in [0.25, 0.3) is 0 Å². The molecule has 0 radical (unpaired) electrons. The highest BCUT2D eigenvalue weighted by Gasteiger charge is 2.36. The summed E-state index contributed by atoms with van der Waals surface area (Å²) in [5.41, 5.74) is 1.92. The number of sulfonamides is 1. The Hall–Kier alpha value is -2.19. The zero-order chi connectivity index (χ0) is 16.6. The van der Waals surface area contributed by atoms with E-state index in [1.165, 1.54) is 4.31 Å². The lowest BCUT2D eigenvalue weighted by Crippen LogP contribution is -2.50. The second kappa shape index (κ2) is 5.78. The summed E-state index contributed by atoms with van der Waals surface area (Å²) in [6.45, 7) is 0.204.